The van der Waals surface area contributed by atoms with Crippen molar-refractivity contribution in [2.24, 2.45) is 0 Å². The fourth-order valence-corrected chi connectivity index (χ4v) is 3.17. The van der Waals surface area contributed by atoms with E-state index < -0.39 is 0 Å². The van der Waals surface area contributed by atoms with Crippen molar-refractivity contribution >= 4 is 17.7 Å². The zero-order valence-corrected chi connectivity index (χ0v) is 11.7. The van der Waals surface area contributed by atoms with E-state index in [4.69, 9.17) is 0 Å². The summed E-state index contributed by atoms with van der Waals surface area (Å²) >= 11 is 1.81. The molecule has 2 unspecified atom stereocenters. The van der Waals surface area contributed by atoms with Crippen molar-refractivity contribution in [1.82, 2.24) is 10.2 Å². The van der Waals surface area contributed by atoms with E-state index in [9.17, 15) is 4.79 Å². The molecule has 1 saturated heterocycles. The highest BCUT2D eigenvalue weighted by Crippen LogP contribution is 2.22. The molecule has 1 fully saturated rings. The van der Waals surface area contributed by atoms with Gasteiger partial charge in [0.15, 0.2) is 0 Å². The van der Waals surface area contributed by atoms with E-state index in [1.165, 1.54) is 0 Å². The number of thioether (sulfide) groups is 1. The lowest BCUT2D eigenvalue weighted by Gasteiger charge is -2.34. The third kappa shape index (κ3) is 2.92. The average Bonchev–Trinajstić information content (AvgIpc) is 2.72. The van der Waals surface area contributed by atoms with E-state index in [2.05, 4.69) is 18.5 Å². The minimum Gasteiger partial charge on any atom is -0.340 e. The average molecular weight is 244 g/mol. The molecule has 1 aliphatic heterocycles. The molecule has 0 spiro atoms. The molecule has 0 aromatic carbocycles. The van der Waals surface area contributed by atoms with Crippen LogP contribution in [0.1, 0.15) is 33.1 Å². The Morgan fingerprint density at radius 2 is 2.31 bits per heavy atom. The highest BCUT2D eigenvalue weighted by Gasteiger charge is 2.39. The maximum atomic E-state index is 12.4. The lowest BCUT2D eigenvalue weighted by Crippen LogP contribution is -2.54. The van der Waals surface area contributed by atoms with Crippen molar-refractivity contribution in [3.8, 4) is 0 Å². The van der Waals surface area contributed by atoms with Gasteiger partial charge in [-0.25, -0.2) is 0 Å². The first kappa shape index (κ1) is 13.8. The van der Waals surface area contributed by atoms with Crippen molar-refractivity contribution in [1.29, 1.82) is 0 Å². The Labute approximate surface area is 103 Å². The van der Waals surface area contributed by atoms with Crippen LogP contribution in [-0.4, -0.2) is 48.0 Å². The Balaban J connectivity index is 2.64. The van der Waals surface area contributed by atoms with Gasteiger partial charge in [0.25, 0.3) is 0 Å². The molecule has 1 rings (SSSR count). The molecule has 1 aliphatic rings. The minimum atomic E-state index is -0.319. The van der Waals surface area contributed by atoms with Crippen LogP contribution < -0.4 is 5.32 Å². The molecule has 0 radical (unpaired) electrons. The summed E-state index contributed by atoms with van der Waals surface area (Å²) in [6.45, 7) is 5.15. The molecule has 3 nitrogen and oxygen atoms in total. The molecule has 0 aromatic heterocycles. The zero-order chi connectivity index (χ0) is 12.2. The van der Waals surface area contributed by atoms with E-state index in [0.29, 0.717) is 6.04 Å². The van der Waals surface area contributed by atoms with Gasteiger partial charge in [0, 0.05) is 18.8 Å². The smallest absolute Gasteiger partial charge is 0.242 e. The molecule has 4 heteroatoms. The van der Waals surface area contributed by atoms with Crippen LogP contribution in [0.25, 0.3) is 0 Å². The molecule has 0 aliphatic carbocycles. The summed E-state index contributed by atoms with van der Waals surface area (Å²) in [6.07, 6.45) is 5.19. The van der Waals surface area contributed by atoms with Crippen LogP contribution >= 0.6 is 11.8 Å². The maximum absolute atomic E-state index is 12.4. The third-order valence-corrected chi connectivity index (χ3v) is 4.26. The van der Waals surface area contributed by atoms with E-state index in [1.54, 1.807) is 0 Å². The Kier molecular flexibility index (Phi) is 5.12. The van der Waals surface area contributed by atoms with Gasteiger partial charge in [-0.2, -0.15) is 11.8 Å². The Morgan fingerprint density at radius 1 is 1.62 bits per heavy atom. The first-order valence-corrected chi connectivity index (χ1v) is 7.45. The predicted octanol–water partition coefficient (Wildman–Crippen LogP) is 1.73. The van der Waals surface area contributed by atoms with Crippen LogP contribution in [0, 0.1) is 0 Å². The molecule has 1 amide bonds. The Bertz CT molecular complexity index is 239. The molecular weight excluding hydrogens is 220 g/mol. The second-order valence-electron chi connectivity index (χ2n) is 4.80. The monoisotopic (exact) mass is 244 g/mol. The maximum Gasteiger partial charge on any atom is 0.242 e. The summed E-state index contributed by atoms with van der Waals surface area (Å²) in [5, 5.41) is 3.34. The van der Waals surface area contributed by atoms with Gasteiger partial charge >= 0.3 is 0 Å². The molecule has 2 atom stereocenters. The third-order valence-electron chi connectivity index (χ3n) is 3.54. The molecule has 94 valence electrons. The second kappa shape index (κ2) is 5.92. The quantitative estimate of drug-likeness (QED) is 0.799. The van der Waals surface area contributed by atoms with Gasteiger partial charge in [-0.05, 0) is 39.0 Å². The van der Waals surface area contributed by atoms with Crippen LogP contribution in [0.5, 0.6) is 0 Å². The number of nitrogens with one attached hydrogen (secondary N) is 1. The molecule has 0 saturated carbocycles. The highest BCUT2D eigenvalue weighted by atomic mass is 32.2. The van der Waals surface area contributed by atoms with E-state index in [-0.39, 0.29) is 11.4 Å². The first-order valence-electron chi connectivity index (χ1n) is 6.06. The molecule has 0 bridgehead atoms. The van der Waals surface area contributed by atoms with Gasteiger partial charge in [0.2, 0.25) is 5.91 Å². The van der Waals surface area contributed by atoms with Gasteiger partial charge in [-0.1, -0.05) is 6.92 Å². The van der Waals surface area contributed by atoms with Gasteiger partial charge < -0.3 is 10.2 Å². The van der Waals surface area contributed by atoms with E-state index in [1.807, 2.05) is 30.6 Å². The highest BCUT2D eigenvalue weighted by molar-refractivity contribution is 7.98. The molecule has 1 heterocycles. The van der Waals surface area contributed by atoms with Crippen molar-refractivity contribution in [2.75, 3.05) is 25.6 Å². The molecular formula is C12H24N2OS. The number of carbonyl (C=O) groups excluding carboxylic acids is 1. The Hall–Kier alpha value is -0.220. The predicted molar refractivity (Wildman–Crippen MR) is 70.9 cm³/mol. The van der Waals surface area contributed by atoms with Crippen molar-refractivity contribution < 1.29 is 4.79 Å². The summed E-state index contributed by atoms with van der Waals surface area (Å²) < 4.78 is 0. The number of amides is 1. The normalized spacial score (nSPS) is 26.8. The van der Waals surface area contributed by atoms with Gasteiger partial charge in [0.05, 0.1) is 5.54 Å². The summed E-state index contributed by atoms with van der Waals surface area (Å²) in [4.78, 5) is 14.3. The summed E-state index contributed by atoms with van der Waals surface area (Å²) in [5.74, 6) is 1.28. The summed E-state index contributed by atoms with van der Waals surface area (Å²) in [5.41, 5.74) is -0.319. The van der Waals surface area contributed by atoms with Crippen LogP contribution in [0.2, 0.25) is 0 Å². The topological polar surface area (TPSA) is 32.3 Å². The lowest BCUT2D eigenvalue weighted by atomic mass is 9.97. The van der Waals surface area contributed by atoms with Gasteiger partial charge in [-0.3, -0.25) is 4.79 Å². The van der Waals surface area contributed by atoms with Gasteiger partial charge in [0.1, 0.15) is 0 Å². The number of nitrogens with zero attached hydrogens (tertiary/aromatic N) is 1. The number of likely N-dealkylation sites (N-methyl/N-ethyl adjacent to an activating group) is 1. The van der Waals surface area contributed by atoms with E-state index >= 15 is 0 Å². The summed E-state index contributed by atoms with van der Waals surface area (Å²) in [6, 6.07) is 0.363. The van der Waals surface area contributed by atoms with Crippen LogP contribution in [0.3, 0.4) is 0 Å². The SMILES string of the molecule is CCC(CSC)N(C)C(=O)C1(C)CCCN1. The lowest BCUT2D eigenvalue weighted by molar-refractivity contribution is -0.137. The number of hydrogen-bond donors (Lipinski definition) is 1. The number of rotatable bonds is 5. The minimum absolute atomic E-state index is 0.255. The largest absolute Gasteiger partial charge is 0.340 e. The van der Waals surface area contributed by atoms with Crippen LogP contribution in [0.15, 0.2) is 0 Å². The fraction of sp³-hybridized carbons (Fsp3) is 0.917. The first-order chi connectivity index (χ1) is 7.55. The van der Waals surface area contributed by atoms with Crippen molar-refractivity contribution in [3.05, 3.63) is 0 Å². The Morgan fingerprint density at radius 3 is 2.75 bits per heavy atom. The van der Waals surface area contributed by atoms with Crippen molar-refractivity contribution in [3.63, 3.8) is 0 Å². The molecule has 1 N–H and O–H groups in total. The van der Waals surface area contributed by atoms with E-state index in [0.717, 1.165) is 31.6 Å². The van der Waals surface area contributed by atoms with Crippen LogP contribution in [-0.2, 0) is 4.79 Å². The molecule has 0 aromatic rings. The molecule has 16 heavy (non-hydrogen) atoms. The second-order valence-corrected chi connectivity index (χ2v) is 5.71. The van der Waals surface area contributed by atoms with Crippen molar-refractivity contribution in [2.45, 2.75) is 44.7 Å². The number of hydrogen-bond acceptors (Lipinski definition) is 3. The summed E-state index contributed by atoms with van der Waals surface area (Å²) in [7, 11) is 1.94. The van der Waals surface area contributed by atoms with Crippen LogP contribution in [0.4, 0.5) is 0 Å². The fourth-order valence-electron chi connectivity index (χ4n) is 2.33. The standard InChI is InChI=1S/C12H24N2OS/c1-5-10(9-16-4)14(3)11(15)12(2)7-6-8-13-12/h10,13H,5-9H2,1-4H3. The number of carbonyl (C=O) groups is 1. The zero-order valence-electron chi connectivity index (χ0n) is 10.9. The van der Waals surface area contributed by atoms with Gasteiger partial charge in [-0.15, -0.1) is 0 Å².